The molecule has 10 nitrogen and oxygen atoms in total. The van der Waals surface area contributed by atoms with Crippen molar-refractivity contribution in [3.05, 3.63) is 76.8 Å². The summed E-state index contributed by atoms with van der Waals surface area (Å²) < 4.78 is 45.1. The zero-order chi connectivity index (χ0) is 30.6. The van der Waals surface area contributed by atoms with Crippen molar-refractivity contribution >= 4 is 50.0 Å². The second kappa shape index (κ2) is 10.3. The third kappa shape index (κ3) is 4.88. The number of primary amides is 1. The minimum Gasteiger partial charge on any atom is -0.365 e. The van der Waals surface area contributed by atoms with E-state index in [4.69, 9.17) is 5.73 Å². The molecule has 6 aromatic rings. The fourth-order valence-corrected chi connectivity index (χ4v) is 6.03. The second-order valence-electron chi connectivity index (χ2n) is 9.79. The first kappa shape index (κ1) is 28.0. The monoisotopic (exact) mass is 604 g/mol. The molecule has 0 bridgehead atoms. The fraction of sp³-hybridized carbons (Fsp3) is 0.172. The molecule has 6 rings (SSSR count). The number of nitrogens with one attached hydrogen (secondary N) is 1. The minimum absolute atomic E-state index is 0.0267. The van der Waals surface area contributed by atoms with Gasteiger partial charge in [-0.05, 0) is 37.6 Å². The van der Waals surface area contributed by atoms with E-state index in [2.05, 4.69) is 25.5 Å². The first-order valence-corrected chi connectivity index (χ1v) is 13.8. The lowest BCUT2D eigenvalue weighted by Crippen LogP contribution is -2.17. The van der Waals surface area contributed by atoms with Gasteiger partial charge in [-0.3, -0.25) is 19.0 Å². The lowest BCUT2D eigenvalue weighted by molar-refractivity contribution is -0.140. The molecule has 0 aliphatic rings. The predicted octanol–water partition coefficient (Wildman–Crippen LogP) is 5.81. The van der Waals surface area contributed by atoms with Crippen molar-refractivity contribution in [3.8, 4) is 22.4 Å². The van der Waals surface area contributed by atoms with Crippen LogP contribution >= 0.6 is 11.3 Å². The Balaban J connectivity index is 1.58. The highest BCUT2D eigenvalue weighted by Gasteiger charge is 2.35. The molecule has 0 aliphatic carbocycles. The summed E-state index contributed by atoms with van der Waals surface area (Å²) in [6.07, 6.45) is 0.0603. The van der Waals surface area contributed by atoms with E-state index < -0.39 is 23.7 Å². The molecule has 0 spiro atoms. The van der Waals surface area contributed by atoms with Gasteiger partial charge in [0.2, 0.25) is 0 Å². The highest BCUT2D eigenvalue weighted by atomic mass is 32.1. The van der Waals surface area contributed by atoms with E-state index in [1.54, 1.807) is 66.1 Å². The zero-order valence-corrected chi connectivity index (χ0v) is 23.8. The van der Waals surface area contributed by atoms with Crippen molar-refractivity contribution in [2.45, 2.75) is 26.6 Å². The Morgan fingerprint density at radius 1 is 1.07 bits per heavy atom. The van der Waals surface area contributed by atoms with Gasteiger partial charge in [-0.25, -0.2) is 9.97 Å². The van der Waals surface area contributed by atoms with E-state index in [0.29, 0.717) is 51.3 Å². The molecule has 0 fully saturated rings. The number of hydrogen-bond acceptors (Lipinski definition) is 7. The van der Waals surface area contributed by atoms with Crippen LogP contribution in [0.4, 0.5) is 18.9 Å². The molecular weight excluding hydrogens is 581 g/mol. The van der Waals surface area contributed by atoms with Gasteiger partial charge >= 0.3 is 6.18 Å². The molecule has 0 aliphatic heterocycles. The average molecular weight is 605 g/mol. The molecule has 218 valence electrons. The van der Waals surface area contributed by atoms with E-state index in [9.17, 15) is 22.8 Å². The molecule has 14 heteroatoms. The number of alkyl halides is 3. The largest absolute Gasteiger partial charge is 0.433 e. The van der Waals surface area contributed by atoms with Crippen LogP contribution < -0.4 is 11.1 Å². The van der Waals surface area contributed by atoms with Gasteiger partial charge in [0.05, 0.1) is 34.9 Å². The quantitative estimate of drug-likeness (QED) is 0.247. The SMILES string of the molecule is CCn1ncc(-c2cc(C(F)(F)F)nc3sc(C(N)=O)c(NC(=O)c4cc(-c5cnn(C)c5)nc5ccccc45)c23)c1C. The van der Waals surface area contributed by atoms with Crippen LogP contribution in [-0.4, -0.2) is 41.3 Å². The Morgan fingerprint density at radius 3 is 2.49 bits per heavy atom. The number of carbonyl (C=O) groups is 2. The van der Waals surface area contributed by atoms with E-state index >= 15 is 0 Å². The third-order valence-electron chi connectivity index (χ3n) is 7.07. The normalized spacial score (nSPS) is 11.9. The molecular formula is C29H23F3N8O2S. The van der Waals surface area contributed by atoms with Crippen LogP contribution in [-0.2, 0) is 19.8 Å². The Morgan fingerprint density at radius 2 is 1.84 bits per heavy atom. The minimum atomic E-state index is -4.77. The predicted molar refractivity (Wildman–Crippen MR) is 157 cm³/mol. The van der Waals surface area contributed by atoms with Crippen LogP contribution in [0, 0.1) is 6.92 Å². The summed E-state index contributed by atoms with van der Waals surface area (Å²) in [4.78, 5) is 34.9. The number of para-hydroxylation sites is 1. The molecule has 43 heavy (non-hydrogen) atoms. The molecule has 2 amide bonds. The Labute approximate surface area is 246 Å². The molecule has 0 saturated carbocycles. The first-order valence-electron chi connectivity index (χ1n) is 13.0. The highest BCUT2D eigenvalue weighted by molar-refractivity contribution is 7.21. The van der Waals surface area contributed by atoms with Gasteiger partial charge in [-0.2, -0.15) is 23.4 Å². The number of halogens is 3. The summed E-state index contributed by atoms with van der Waals surface area (Å²) in [5.74, 6) is -1.54. The van der Waals surface area contributed by atoms with Gasteiger partial charge in [-0.15, -0.1) is 11.3 Å². The number of nitrogens with zero attached hydrogens (tertiary/aromatic N) is 6. The summed E-state index contributed by atoms with van der Waals surface area (Å²) in [6, 6.07) is 9.54. The summed E-state index contributed by atoms with van der Waals surface area (Å²) in [6.45, 7) is 4.07. The van der Waals surface area contributed by atoms with Gasteiger partial charge in [0.1, 0.15) is 15.4 Å². The topological polar surface area (TPSA) is 134 Å². The number of pyridine rings is 2. The number of thiophene rings is 1. The molecule has 0 atom stereocenters. The number of rotatable bonds is 6. The van der Waals surface area contributed by atoms with Crippen LogP contribution in [0.3, 0.4) is 0 Å². The van der Waals surface area contributed by atoms with Gasteiger partial charge in [0.25, 0.3) is 11.8 Å². The van der Waals surface area contributed by atoms with Gasteiger partial charge in [-0.1, -0.05) is 18.2 Å². The number of aromatic nitrogens is 6. The number of anilines is 1. The van der Waals surface area contributed by atoms with Crippen LogP contribution in [0.1, 0.15) is 38.3 Å². The number of amides is 2. The summed E-state index contributed by atoms with van der Waals surface area (Å²) in [5, 5.41) is 12.0. The Bertz CT molecular complexity index is 2080. The van der Waals surface area contributed by atoms with Crippen LogP contribution in [0.15, 0.2) is 55.0 Å². The molecule has 3 N–H and O–H groups in total. The van der Waals surface area contributed by atoms with Crippen LogP contribution in [0.25, 0.3) is 43.5 Å². The van der Waals surface area contributed by atoms with E-state index in [1.165, 1.54) is 6.20 Å². The zero-order valence-electron chi connectivity index (χ0n) is 23.0. The maximum Gasteiger partial charge on any atom is 0.433 e. The van der Waals surface area contributed by atoms with Crippen molar-refractivity contribution in [1.82, 2.24) is 29.5 Å². The first-order chi connectivity index (χ1) is 20.5. The van der Waals surface area contributed by atoms with Crippen molar-refractivity contribution < 1.29 is 22.8 Å². The standard InChI is InChI=1S/C29H23F3N8O2S/c1-4-40-14(2)19(12-35-40)17-10-22(29(30,31)32)37-28-23(17)24(25(43-28)26(33)41)38-27(42)18-9-21(15-11-34-39(3)13-15)36-20-8-6-5-7-16(18)20/h5-13H,4H2,1-3H3,(H2,33,41)(H,38,42). The third-order valence-corrected chi connectivity index (χ3v) is 8.17. The summed E-state index contributed by atoms with van der Waals surface area (Å²) >= 11 is 0.682. The van der Waals surface area contributed by atoms with Crippen molar-refractivity contribution in [3.63, 3.8) is 0 Å². The maximum atomic E-state index is 14.0. The van der Waals surface area contributed by atoms with Gasteiger partial charge in [0.15, 0.2) is 0 Å². The van der Waals surface area contributed by atoms with Crippen molar-refractivity contribution in [2.24, 2.45) is 12.8 Å². The fourth-order valence-electron chi connectivity index (χ4n) is 5.02. The van der Waals surface area contributed by atoms with E-state index in [1.807, 2.05) is 6.92 Å². The Kier molecular flexibility index (Phi) is 6.72. The van der Waals surface area contributed by atoms with E-state index in [-0.39, 0.29) is 31.9 Å². The number of carbonyl (C=O) groups excluding carboxylic acids is 2. The van der Waals surface area contributed by atoms with Gasteiger partial charge in [0, 0.05) is 47.4 Å². The Hall–Kier alpha value is -5.11. The van der Waals surface area contributed by atoms with Crippen LogP contribution in [0.5, 0.6) is 0 Å². The molecule has 5 aromatic heterocycles. The van der Waals surface area contributed by atoms with Gasteiger partial charge < -0.3 is 11.1 Å². The second-order valence-corrected chi connectivity index (χ2v) is 10.8. The highest BCUT2D eigenvalue weighted by Crippen LogP contribution is 2.44. The van der Waals surface area contributed by atoms with E-state index in [0.717, 1.165) is 6.07 Å². The lowest BCUT2D eigenvalue weighted by atomic mass is 10.0. The number of aryl methyl sites for hydroxylation is 2. The van der Waals surface area contributed by atoms with Crippen LogP contribution in [0.2, 0.25) is 0 Å². The summed E-state index contributed by atoms with van der Waals surface area (Å²) in [5.41, 5.74) is 7.58. The molecule has 0 radical (unpaired) electrons. The number of benzene rings is 1. The average Bonchev–Trinajstić information content (AvgIpc) is 3.68. The van der Waals surface area contributed by atoms with Crippen molar-refractivity contribution in [1.29, 1.82) is 0 Å². The summed E-state index contributed by atoms with van der Waals surface area (Å²) in [7, 11) is 1.76. The number of nitrogens with two attached hydrogens (primary N) is 1. The lowest BCUT2D eigenvalue weighted by Gasteiger charge is -2.13. The molecule has 5 heterocycles. The molecule has 0 unspecified atom stereocenters. The smallest absolute Gasteiger partial charge is 0.365 e. The maximum absolute atomic E-state index is 14.0. The molecule has 1 aromatic carbocycles. The number of hydrogen-bond donors (Lipinski definition) is 2. The molecule has 0 saturated heterocycles. The number of fused-ring (bicyclic) bond motifs is 2. The van der Waals surface area contributed by atoms with Crippen molar-refractivity contribution in [2.75, 3.05) is 5.32 Å².